The van der Waals surface area contributed by atoms with Crippen molar-refractivity contribution in [1.29, 1.82) is 0 Å². The summed E-state index contributed by atoms with van der Waals surface area (Å²) in [6.45, 7) is 6.35. The lowest BCUT2D eigenvalue weighted by Gasteiger charge is -2.34. The van der Waals surface area contributed by atoms with Crippen molar-refractivity contribution in [2.45, 2.75) is 57.9 Å². The maximum atomic E-state index is 3.80. The van der Waals surface area contributed by atoms with Crippen molar-refractivity contribution in [3.8, 4) is 0 Å². The number of rotatable bonds is 7. The minimum Gasteiger partial charge on any atom is -0.313 e. The smallest absolute Gasteiger partial charge is 0.00684 e. The van der Waals surface area contributed by atoms with Crippen LogP contribution in [-0.2, 0) is 0 Å². The van der Waals surface area contributed by atoms with E-state index in [1.165, 1.54) is 64.6 Å². The van der Waals surface area contributed by atoms with Gasteiger partial charge in [-0.05, 0) is 56.4 Å². The van der Waals surface area contributed by atoms with Gasteiger partial charge < -0.3 is 10.2 Å². The Morgan fingerprint density at radius 1 is 1.22 bits per heavy atom. The molecule has 0 spiro atoms. The predicted molar refractivity (Wildman–Crippen MR) is 76.7 cm³/mol. The zero-order valence-corrected chi connectivity index (χ0v) is 12.3. The van der Waals surface area contributed by atoms with Crippen molar-refractivity contribution < 1.29 is 0 Å². The van der Waals surface area contributed by atoms with Crippen LogP contribution in [0, 0.1) is 17.3 Å². The second-order valence-corrected chi connectivity index (χ2v) is 7.53. The van der Waals surface area contributed by atoms with Gasteiger partial charge in [0.1, 0.15) is 0 Å². The molecule has 0 saturated heterocycles. The molecule has 3 aliphatic rings. The first-order valence-corrected chi connectivity index (χ1v) is 8.09. The highest BCUT2D eigenvalue weighted by Gasteiger charge is 2.38. The normalized spacial score (nSPS) is 34.2. The second kappa shape index (κ2) is 5.13. The van der Waals surface area contributed by atoms with E-state index in [9.17, 15) is 0 Å². The Morgan fingerprint density at radius 3 is 2.44 bits per heavy atom. The van der Waals surface area contributed by atoms with Gasteiger partial charge in [0.05, 0.1) is 0 Å². The largest absolute Gasteiger partial charge is 0.313 e. The molecule has 3 fully saturated rings. The molecule has 2 unspecified atom stereocenters. The maximum absolute atomic E-state index is 3.80. The summed E-state index contributed by atoms with van der Waals surface area (Å²) in [5.74, 6) is 2.00. The summed E-state index contributed by atoms with van der Waals surface area (Å²) in [6.07, 6.45) is 10.1. The predicted octanol–water partition coefficient (Wildman–Crippen LogP) is 2.89. The SMILES string of the molecule is CC1CC1CN(C)CC1(CNC2CC2)CCCC1. The van der Waals surface area contributed by atoms with Crippen molar-refractivity contribution in [3.63, 3.8) is 0 Å². The summed E-state index contributed by atoms with van der Waals surface area (Å²) in [6, 6.07) is 0.872. The van der Waals surface area contributed by atoms with Gasteiger partial charge in [0.2, 0.25) is 0 Å². The molecular formula is C16H30N2. The van der Waals surface area contributed by atoms with Gasteiger partial charge in [-0.1, -0.05) is 19.8 Å². The average molecular weight is 250 g/mol. The Balaban J connectivity index is 1.48. The van der Waals surface area contributed by atoms with Crippen LogP contribution >= 0.6 is 0 Å². The van der Waals surface area contributed by atoms with Gasteiger partial charge in [0.25, 0.3) is 0 Å². The van der Waals surface area contributed by atoms with Gasteiger partial charge in [-0.25, -0.2) is 0 Å². The number of nitrogens with zero attached hydrogens (tertiary/aromatic N) is 1. The topological polar surface area (TPSA) is 15.3 Å². The summed E-state index contributed by atoms with van der Waals surface area (Å²) >= 11 is 0. The fourth-order valence-electron chi connectivity index (χ4n) is 3.86. The molecule has 3 rings (SSSR count). The van der Waals surface area contributed by atoms with E-state index < -0.39 is 0 Å². The van der Waals surface area contributed by atoms with E-state index in [1.54, 1.807) is 0 Å². The fourth-order valence-corrected chi connectivity index (χ4v) is 3.86. The zero-order valence-electron chi connectivity index (χ0n) is 12.3. The van der Waals surface area contributed by atoms with Gasteiger partial charge in [-0.3, -0.25) is 0 Å². The Hall–Kier alpha value is -0.0800. The molecule has 18 heavy (non-hydrogen) atoms. The third kappa shape index (κ3) is 3.27. The van der Waals surface area contributed by atoms with Gasteiger partial charge in [-0.15, -0.1) is 0 Å². The van der Waals surface area contributed by atoms with Gasteiger partial charge in [-0.2, -0.15) is 0 Å². The van der Waals surface area contributed by atoms with Crippen LogP contribution in [0.3, 0.4) is 0 Å². The van der Waals surface area contributed by atoms with E-state index >= 15 is 0 Å². The molecule has 0 heterocycles. The Kier molecular flexibility index (Phi) is 3.68. The fraction of sp³-hybridized carbons (Fsp3) is 1.00. The molecule has 3 aliphatic carbocycles. The Bertz CT molecular complexity index is 279. The molecule has 104 valence electrons. The number of nitrogens with one attached hydrogen (secondary N) is 1. The lowest BCUT2D eigenvalue weighted by Crippen LogP contribution is -2.42. The molecule has 1 N–H and O–H groups in total. The van der Waals surface area contributed by atoms with Crippen LogP contribution in [0.1, 0.15) is 51.9 Å². The van der Waals surface area contributed by atoms with E-state index in [0.29, 0.717) is 5.41 Å². The molecule has 0 bridgehead atoms. The molecule has 0 radical (unpaired) electrons. The van der Waals surface area contributed by atoms with E-state index in [2.05, 4.69) is 24.2 Å². The lowest BCUT2D eigenvalue weighted by molar-refractivity contribution is 0.166. The van der Waals surface area contributed by atoms with Crippen LogP contribution in [0.2, 0.25) is 0 Å². The highest BCUT2D eigenvalue weighted by Crippen LogP contribution is 2.41. The minimum absolute atomic E-state index is 0.607. The van der Waals surface area contributed by atoms with Crippen LogP contribution in [-0.4, -0.2) is 37.6 Å². The number of hydrogen-bond donors (Lipinski definition) is 1. The van der Waals surface area contributed by atoms with E-state index in [1.807, 2.05) is 0 Å². The van der Waals surface area contributed by atoms with Crippen molar-refractivity contribution in [1.82, 2.24) is 10.2 Å². The Labute approximate surface area is 113 Å². The molecule has 0 aromatic carbocycles. The van der Waals surface area contributed by atoms with Crippen LogP contribution in [0.25, 0.3) is 0 Å². The average Bonchev–Trinajstić information content (AvgIpc) is 3.22. The Morgan fingerprint density at radius 2 is 1.89 bits per heavy atom. The molecule has 3 saturated carbocycles. The highest BCUT2D eigenvalue weighted by atomic mass is 15.1. The van der Waals surface area contributed by atoms with Gasteiger partial charge >= 0.3 is 0 Å². The third-order valence-electron chi connectivity index (χ3n) is 5.43. The molecule has 0 aromatic rings. The first kappa shape index (κ1) is 12.9. The van der Waals surface area contributed by atoms with Gasteiger partial charge in [0.15, 0.2) is 0 Å². The van der Waals surface area contributed by atoms with Crippen LogP contribution in [0.5, 0.6) is 0 Å². The van der Waals surface area contributed by atoms with Gasteiger partial charge in [0, 0.05) is 25.7 Å². The highest BCUT2D eigenvalue weighted by molar-refractivity contribution is 4.93. The molecule has 0 aromatic heterocycles. The molecule has 2 heteroatoms. The summed E-state index contributed by atoms with van der Waals surface area (Å²) in [5.41, 5.74) is 0.607. The summed E-state index contributed by atoms with van der Waals surface area (Å²) < 4.78 is 0. The third-order valence-corrected chi connectivity index (χ3v) is 5.43. The van der Waals surface area contributed by atoms with Crippen LogP contribution in [0.15, 0.2) is 0 Å². The maximum Gasteiger partial charge on any atom is 0.00684 e. The number of hydrogen-bond acceptors (Lipinski definition) is 2. The second-order valence-electron chi connectivity index (χ2n) is 7.53. The van der Waals surface area contributed by atoms with E-state index in [0.717, 1.165) is 17.9 Å². The minimum atomic E-state index is 0.607. The van der Waals surface area contributed by atoms with E-state index in [-0.39, 0.29) is 0 Å². The summed E-state index contributed by atoms with van der Waals surface area (Å²) in [4.78, 5) is 2.63. The quantitative estimate of drug-likeness (QED) is 0.747. The lowest BCUT2D eigenvalue weighted by atomic mass is 9.85. The molecular weight excluding hydrogens is 220 g/mol. The van der Waals surface area contributed by atoms with Crippen LogP contribution < -0.4 is 5.32 Å². The van der Waals surface area contributed by atoms with Crippen molar-refractivity contribution >= 4 is 0 Å². The summed E-state index contributed by atoms with van der Waals surface area (Å²) in [7, 11) is 2.35. The molecule has 0 aliphatic heterocycles. The first-order valence-electron chi connectivity index (χ1n) is 8.09. The van der Waals surface area contributed by atoms with E-state index in [4.69, 9.17) is 0 Å². The zero-order chi connectivity index (χ0) is 12.6. The molecule has 0 amide bonds. The molecule has 2 nitrogen and oxygen atoms in total. The summed E-state index contributed by atoms with van der Waals surface area (Å²) in [5, 5.41) is 3.80. The standard InChI is InChI=1S/C16H30N2/c1-13-9-14(13)10-18(2)12-16(7-3-4-8-16)11-17-15-5-6-15/h13-15,17H,3-12H2,1-2H3. The van der Waals surface area contributed by atoms with Crippen molar-refractivity contribution in [2.75, 3.05) is 26.7 Å². The first-order chi connectivity index (χ1) is 8.67. The van der Waals surface area contributed by atoms with Crippen molar-refractivity contribution in [2.24, 2.45) is 17.3 Å². The van der Waals surface area contributed by atoms with Crippen LogP contribution in [0.4, 0.5) is 0 Å². The monoisotopic (exact) mass is 250 g/mol. The molecule has 2 atom stereocenters. The van der Waals surface area contributed by atoms with Crippen molar-refractivity contribution in [3.05, 3.63) is 0 Å².